The van der Waals surface area contributed by atoms with E-state index in [2.05, 4.69) is 5.32 Å². The van der Waals surface area contributed by atoms with Gasteiger partial charge in [0.1, 0.15) is 12.4 Å². The van der Waals surface area contributed by atoms with Crippen molar-refractivity contribution in [3.05, 3.63) is 29.3 Å². The number of carboxylic acid groups (broad SMARTS) is 1. The third-order valence-corrected chi connectivity index (χ3v) is 2.53. The summed E-state index contributed by atoms with van der Waals surface area (Å²) in [5.41, 5.74) is 1.21. The van der Waals surface area contributed by atoms with Gasteiger partial charge in [0.2, 0.25) is 0 Å². The second kappa shape index (κ2) is 3.90. The quantitative estimate of drug-likeness (QED) is 0.731. The van der Waals surface area contributed by atoms with E-state index in [4.69, 9.17) is 9.84 Å². The molecule has 1 aliphatic heterocycles. The number of hydrogen-bond donors (Lipinski definition) is 2. The Labute approximate surface area is 87.9 Å². The van der Waals surface area contributed by atoms with Crippen molar-refractivity contribution in [1.82, 2.24) is 5.32 Å². The van der Waals surface area contributed by atoms with Crippen LogP contribution in [0.4, 0.5) is 0 Å². The maximum absolute atomic E-state index is 10.8. The van der Waals surface area contributed by atoms with Crippen molar-refractivity contribution in [3.8, 4) is 5.75 Å². The van der Waals surface area contributed by atoms with E-state index in [9.17, 15) is 4.79 Å². The van der Waals surface area contributed by atoms with Gasteiger partial charge in [-0.2, -0.15) is 0 Å². The van der Waals surface area contributed by atoms with E-state index >= 15 is 0 Å². The van der Waals surface area contributed by atoms with Gasteiger partial charge in [-0.25, -0.2) is 4.79 Å². The first kappa shape index (κ1) is 9.98. The molecule has 0 aromatic heterocycles. The standard InChI is InChI=1S/C11H13NO3/c1-7-9-6-8(11(13)14)2-3-10(9)15-5-4-12-7/h2-3,6-7,12H,4-5H2,1H3,(H,13,14). The Morgan fingerprint density at radius 2 is 2.40 bits per heavy atom. The molecule has 0 radical (unpaired) electrons. The molecular formula is C11H13NO3. The number of hydrogen-bond acceptors (Lipinski definition) is 3. The average molecular weight is 207 g/mol. The van der Waals surface area contributed by atoms with E-state index in [-0.39, 0.29) is 6.04 Å². The van der Waals surface area contributed by atoms with Crippen molar-refractivity contribution in [2.24, 2.45) is 0 Å². The molecule has 0 aliphatic carbocycles. The topological polar surface area (TPSA) is 58.6 Å². The molecule has 1 aromatic carbocycles. The lowest BCUT2D eigenvalue weighted by molar-refractivity contribution is 0.0696. The highest BCUT2D eigenvalue weighted by molar-refractivity contribution is 5.88. The largest absolute Gasteiger partial charge is 0.492 e. The second-order valence-corrected chi connectivity index (χ2v) is 3.58. The summed E-state index contributed by atoms with van der Waals surface area (Å²) in [4.78, 5) is 10.8. The zero-order valence-electron chi connectivity index (χ0n) is 8.49. The molecule has 1 atom stereocenters. The Bertz CT molecular complexity index is 389. The lowest BCUT2D eigenvalue weighted by Gasteiger charge is -2.12. The predicted octanol–water partition coefficient (Wildman–Crippen LogP) is 1.43. The van der Waals surface area contributed by atoms with Gasteiger partial charge in [0.05, 0.1) is 5.56 Å². The average Bonchev–Trinajstić information content (AvgIpc) is 2.40. The summed E-state index contributed by atoms with van der Waals surface area (Å²) >= 11 is 0. The van der Waals surface area contributed by atoms with Crippen molar-refractivity contribution in [2.45, 2.75) is 13.0 Å². The summed E-state index contributed by atoms with van der Waals surface area (Å²) in [6.07, 6.45) is 0. The fourth-order valence-corrected chi connectivity index (χ4v) is 1.70. The van der Waals surface area contributed by atoms with Crippen LogP contribution in [0.15, 0.2) is 18.2 Å². The number of carboxylic acids is 1. The number of aromatic carboxylic acids is 1. The van der Waals surface area contributed by atoms with Gasteiger partial charge in [0.15, 0.2) is 0 Å². The maximum atomic E-state index is 10.8. The molecule has 0 saturated heterocycles. The smallest absolute Gasteiger partial charge is 0.335 e. The van der Waals surface area contributed by atoms with Crippen molar-refractivity contribution in [2.75, 3.05) is 13.2 Å². The fraction of sp³-hybridized carbons (Fsp3) is 0.364. The minimum Gasteiger partial charge on any atom is -0.492 e. The van der Waals surface area contributed by atoms with Crippen LogP contribution in [0.2, 0.25) is 0 Å². The lowest BCUT2D eigenvalue weighted by atomic mass is 10.0. The van der Waals surface area contributed by atoms with E-state index < -0.39 is 5.97 Å². The molecule has 1 heterocycles. The van der Waals surface area contributed by atoms with Crippen LogP contribution in [0.3, 0.4) is 0 Å². The van der Waals surface area contributed by atoms with Crippen LogP contribution in [0, 0.1) is 0 Å². The van der Waals surface area contributed by atoms with Crippen molar-refractivity contribution < 1.29 is 14.6 Å². The number of carbonyl (C=O) groups is 1. The highest BCUT2D eigenvalue weighted by Gasteiger charge is 2.17. The molecule has 1 aromatic rings. The summed E-state index contributed by atoms with van der Waals surface area (Å²) in [5, 5.41) is 12.1. The Morgan fingerprint density at radius 3 is 3.13 bits per heavy atom. The second-order valence-electron chi connectivity index (χ2n) is 3.58. The molecule has 2 rings (SSSR count). The van der Waals surface area contributed by atoms with Crippen LogP contribution in [0.1, 0.15) is 28.9 Å². The zero-order valence-corrected chi connectivity index (χ0v) is 8.49. The van der Waals surface area contributed by atoms with Gasteiger partial charge in [-0.3, -0.25) is 0 Å². The summed E-state index contributed by atoms with van der Waals surface area (Å²) in [6.45, 7) is 3.39. The molecular weight excluding hydrogens is 194 g/mol. The summed E-state index contributed by atoms with van der Waals surface area (Å²) in [6, 6.07) is 5.09. The monoisotopic (exact) mass is 207 g/mol. The van der Waals surface area contributed by atoms with Crippen LogP contribution in [0.25, 0.3) is 0 Å². The van der Waals surface area contributed by atoms with Gasteiger partial charge < -0.3 is 15.2 Å². The van der Waals surface area contributed by atoms with Crippen LogP contribution in [-0.4, -0.2) is 24.2 Å². The number of rotatable bonds is 1. The molecule has 4 heteroatoms. The van der Waals surface area contributed by atoms with E-state index in [1.165, 1.54) is 0 Å². The molecule has 0 fully saturated rings. The van der Waals surface area contributed by atoms with Crippen LogP contribution < -0.4 is 10.1 Å². The maximum Gasteiger partial charge on any atom is 0.335 e. The summed E-state index contributed by atoms with van der Waals surface area (Å²) in [5.74, 6) is -0.133. The van der Waals surface area contributed by atoms with E-state index in [0.717, 1.165) is 17.9 Å². The Hall–Kier alpha value is -1.55. The summed E-state index contributed by atoms with van der Waals surface area (Å²) < 4.78 is 5.50. The van der Waals surface area contributed by atoms with Gasteiger partial charge in [0, 0.05) is 18.2 Å². The third-order valence-electron chi connectivity index (χ3n) is 2.53. The molecule has 1 unspecified atom stereocenters. The first-order valence-corrected chi connectivity index (χ1v) is 4.92. The molecule has 4 nitrogen and oxygen atoms in total. The van der Waals surface area contributed by atoms with Gasteiger partial charge in [0.25, 0.3) is 0 Å². The van der Waals surface area contributed by atoms with Crippen LogP contribution >= 0.6 is 0 Å². The normalized spacial score (nSPS) is 19.9. The molecule has 0 amide bonds. The first-order chi connectivity index (χ1) is 7.18. The number of nitrogens with one attached hydrogen (secondary N) is 1. The van der Waals surface area contributed by atoms with Crippen LogP contribution in [0.5, 0.6) is 5.75 Å². The summed E-state index contributed by atoms with van der Waals surface area (Å²) in [7, 11) is 0. The Morgan fingerprint density at radius 1 is 1.60 bits per heavy atom. The Kier molecular flexibility index (Phi) is 2.60. The molecule has 0 saturated carbocycles. The van der Waals surface area contributed by atoms with Crippen molar-refractivity contribution in [3.63, 3.8) is 0 Å². The molecule has 15 heavy (non-hydrogen) atoms. The van der Waals surface area contributed by atoms with Crippen LogP contribution in [-0.2, 0) is 0 Å². The number of ether oxygens (including phenoxy) is 1. The third kappa shape index (κ3) is 1.94. The highest BCUT2D eigenvalue weighted by Crippen LogP contribution is 2.27. The molecule has 1 aliphatic rings. The molecule has 80 valence electrons. The minimum absolute atomic E-state index is 0.127. The number of benzene rings is 1. The predicted molar refractivity (Wildman–Crippen MR) is 55.3 cm³/mol. The van der Waals surface area contributed by atoms with Gasteiger partial charge >= 0.3 is 5.97 Å². The fourth-order valence-electron chi connectivity index (χ4n) is 1.70. The van der Waals surface area contributed by atoms with Gasteiger partial charge in [-0.15, -0.1) is 0 Å². The van der Waals surface area contributed by atoms with E-state index in [0.29, 0.717) is 12.2 Å². The molecule has 0 spiro atoms. The van der Waals surface area contributed by atoms with Crippen molar-refractivity contribution in [1.29, 1.82) is 0 Å². The molecule has 2 N–H and O–H groups in total. The molecule has 0 bridgehead atoms. The SMILES string of the molecule is CC1NCCOc2ccc(C(=O)O)cc21. The van der Waals surface area contributed by atoms with Gasteiger partial charge in [-0.05, 0) is 25.1 Å². The van der Waals surface area contributed by atoms with Gasteiger partial charge in [-0.1, -0.05) is 0 Å². The lowest BCUT2D eigenvalue weighted by Crippen LogP contribution is -2.20. The van der Waals surface area contributed by atoms with E-state index in [1.54, 1.807) is 18.2 Å². The van der Waals surface area contributed by atoms with Crippen molar-refractivity contribution >= 4 is 5.97 Å². The first-order valence-electron chi connectivity index (χ1n) is 4.92. The Balaban J connectivity index is 2.44. The van der Waals surface area contributed by atoms with E-state index in [1.807, 2.05) is 6.92 Å². The zero-order chi connectivity index (χ0) is 10.8. The highest BCUT2D eigenvalue weighted by atomic mass is 16.5. The minimum atomic E-state index is -0.908. The number of fused-ring (bicyclic) bond motifs is 1.